The molecule has 0 saturated carbocycles. The Morgan fingerprint density at radius 2 is 1.92 bits per heavy atom. The highest BCUT2D eigenvalue weighted by Crippen LogP contribution is 2.15. The summed E-state index contributed by atoms with van der Waals surface area (Å²) in [5, 5.41) is 2.97. The smallest absolute Gasteiger partial charge is 0.242 e. The minimum absolute atomic E-state index is 0.0468. The zero-order valence-electron chi connectivity index (χ0n) is 15.8. The number of amides is 2. The Labute approximate surface area is 146 Å². The molecule has 1 aromatic carbocycles. The standard InChI is InChI=1S/C20H32N2O2/c1-6-9-19(23)22(14-17-11-8-10-16(5)12-17)18(7-2)20(24)21-13-15(3)4/h8,10-12,15,18H,6-7,9,13-14H2,1-5H3,(H,21,24)/t18-/m0/s1. The number of rotatable bonds is 9. The molecule has 134 valence electrons. The fraction of sp³-hybridized carbons (Fsp3) is 0.600. The van der Waals surface area contributed by atoms with E-state index in [2.05, 4.69) is 25.2 Å². The van der Waals surface area contributed by atoms with E-state index < -0.39 is 6.04 Å². The lowest BCUT2D eigenvalue weighted by molar-refractivity contribution is -0.141. The molecule has 24 heavy (non-hydrogen) atoms. The molecule has 0 fully saturated rings. The number of aryl methyl sites for hydroxylation is 1. The van der Waals surface area contributed by atoms with E-state index in [1.165, 1.54) is 0 Å². The van der Waals surface area contributed by atoms with Crippen molar-refractivity contribution in [2.75, 3.05) is 6.54 Å². The first kappa shape index (κ1) is 20.2. The molecule has 0 heterocycles. The van der Waals surface area contributed by atoms with Gasteiger partial charge in [0, 0.05) is 19.5 Å². The van der Waals surface area contributed by atoms with Crippen LogP contribution in [0.2, 0.25) is 0 Å². The molecule has 0 radical (unpaired) electrons. The van der Waals surface area contributed by atoms with Crippen molar-refractivity contribution in [1.82, 2.24) is 10.2 Å². The molecule has 0 bridgehead atoms. The van der Waals surface area contributed by atoms with Crippen molar-refractivity contribution in [1.29, 1.82) is 0 Å². The lowest BCUT2D eigenvalue weighted by atomic mass is 10.1. The van der Waals surface area contributed by atoms with Crippen LogP contribution in [0.15, 0.2) is 24.3 Å². The summed E-state index contributed by atoms with van der Waals surface area (Å²) in [6.45, 7) is 11.2. The number of hydrogen-bond donors (Lipinski definition) is 1. The molecule has 2 amide bonds. The van der Waals surface area contributed by atoms with Crippen LogP contribution in [0.25, 0.3) is 0 Å². The normalized spacial score (nSPS) is 12.1. The van der Waals surface area contributed by atoms with Crippen molar-refractivity contribution >= 4 is 11.8 Å². The van der Waals surface area contributed by atoms with E-state index in [4.69, 9.17) is 0 Å². The van der Waals surface area contributed by atoms with E-state index in [0.29, 0.717) is 31.8 Å². The van der Waals surface area contributed by atoms with Gasteiger partial charge in [-0.05, 0) is 31.2 Å². The second-order valence-electron chi connectivity index (χ2n) is 6.82. The van der Waals surface area contributed by atoms with Gasteiger partial charge in [-0.1, -0.05) is 57.5 Å². The van der Waals surface area contributed by atoms with Gasteiger partial charge in [0.1, 0.15) is 6.04 Å². The number of nitrogens with zero attached hydrogens (tertiary/aromatic N) is 1. The van der Waals surface area contributed by atoms with Crippen molar-refractivity contribution < 1.29 is 9.59 Å². The molecule has 1 rings (SSSR count). The largest absolute Gasteiger partial charge is 0.354 e. The maximum atomic E-state index is 12.6. The Kier molecular flexibility index (Phi) is 8.51. The van der Waals surface area contributed by atoms with Gasteiger partial charge in [-0.2, -0.15) is 0 Å². The molecule has 4 heteroatoms. The first-order valence-corrected chi connectivity index (χ1v) is 9.01. The molecule has 0 aromatic heterocycles. The predicted octanol–water partition coefficient (Wildman–Crippen LogP) is 3.67. The van der Waals surface area contributed by atoms with Crippen LogP contribution in [-0.2, 0) is 16.1 Å². The second kappa shape index (κ2) is 10.1. The van der Waals surface area contributed by atoms with Crippen LogP contribution in [0.5, 0.6) is 0 Å². The molecule has 1 aromatic rings. The van der Waals surface area contributed by atoms with Gasteiger partial charge in [0.15, 0.2) is 0 Å². The molecule has 0 aliphatic rings. The van der Waals surface area contributed by atoms with Crippen molar-refractivity contribution in [3.63, 3.8) is 0 Å². The maximum absolute atomic E-state index is 12.6. The molecule has 0 aliphatic carbocycles. The van der Waals surface area contributed by atoms with Crippen LogP contribution in [0.3, 0.4) is 0 Å². The highest BCUT2D eigenvalue weighted by molar-refractivity contribution is 5.87. The Balaban J connectivity index is 2.97. The predicted molar refractivity (Wildman–Crippen MR) is 98.6 cm³/mol. The fourth-order valence-electron chi connectivity index (χ4n) is 2.71. The van der Waals surface area contributed by atoms with E-state index in [1.54, 1.807) is 4.90 Å². The zero-order chi connectivity index (χ0) is 18.1. The van der Waals surface area contributed by atoms with Crippen LogP contribution >= 0.6 is 0 Å². The number of nitrogens with one attached hydrogen (secondary N) is 1. The Morgan fingerprint density at radius 1 is 1.21 bits per heavy atom. The van der Waals surface area contributed by atoms with E-state index in [1.807, 2.05) is 39.0 Å². The zero-order valence-corrected chi connectivity index (χ0v) is 15.8. The minimum atomic E-state index is -0.414. The fourth-order valence-corrected chi connectivity index (χ4v) is 2.71. The summed E-state index contributed by atoms with van der Waals surface area (Å²) in [7, 11) is 0. The van der Waals surface area contributed by atoms with Crippen LogP contribution in [0, 0.1) is 12.8 Å². The van der Waals surface area contributed by atoms with Gasteiger partial charge in [0.25, 0.3) is 0 Å². The summed E-state index contributed by atoms with van der Waals surface area (Å²) in [5.74, 6) is 0.386. The van der Waals surface area contributed by atoms with Gasteiger partial charge in [0.2, 0.25) is 11.8 Å². The molecule has 0 unspecified atom stereocenters. The maximum Gasteiger partial charge on any atom is 0.242 e. The van der Waals surface area contributed by atoms with Gasteiger partial charge in [-0.15, -0.1) is 0 Å². The summed E-state index contributed by atoms with van der Waals surface area (Å²) in [5.41, 5.74) is 2.22. The first-order chi connectivity index (χ1) is 11.4. The highest BCUT2D eigenvalue weighted by Gasteiger charge is 2.28. The Hall–Kier alpha value is -1.84. The van der Waals surface area contributed by atoms with Crippen molar-refractivity contribution in [3.8, 4) is 0 Å². The number of benzene rings is 1. The molecule has 0 saturated heterocycles. The quantitative estimate of drug-likeness (QED) is 0.750. The number of hydrogen-bond acceptors (Lipinski definition) is 2. The Morgan fingerprint density at radius 3 is 2.46 bits per heavy atom. The van der Waals surface area contributed by atoms with Gasteiger partial charge in [-0.3, -0.25) is 9.59 Å². The van der Waals surface area contributed by atoms with Crippen molar-refractivity contribution in [3.05, 3.63) is 35.4 Å². The van der Waals surface area contributed by atoms with E-state index >= 15 is 0 Å². The van der Waals surface area contributed by atoms with Crippen molar-refractivity contribution in [2.24, 2.45) is 5.92 Å². The lowest BCUT2D eigenvalue weighted by Gasteiger charge is -2.31. The monoisotopic (exact) mass is 332 g/mol. The highest BCUT2D eigenvalue weighted by atomic mass is 16.2. The van der Waals surface area contributed by atoms with Gasteiger partial charge >= 0.3 is 0 Å². The third-order valence-corrected chi connectivity index (χ3v) is 3.97. The average Bonchev–Trinajstić information content (AvgIpc) is 2.53. The van der Waals surface area contributed by atoms with Crippen LogP contribution in [0.4, 0.5) is 0 Å². The van der Waals surface area contributed by atoms with Gasteiger partial charge in [-0.25, -0.2) is 0 Å². The van der Waals surface area contributed by atoms with Crippen LogP contribution < -0.4 is 5.32 Å². The Bertz CT molecular complexity index is 540. The summed E-state index contributed by atoms with van der Waals surface area (Å²) >= 11 is 0. The molecule has 1 atom stereocenters. The third-order valence-electron chi connectivity index (χ3n) is 3.97. The van der Waals surface area contributed by atoms with Gasteiger partial charge in [0.05, 0.1) is 0 Å². The van der Waals surface area contributed by atoms with Crippen LogP contribution in [0.1, 0.15) is 58.1 Å². The molecule has 1 N–H and O–H groups in total. The van der Waals surface area contributed by atoms with E-state index in [9.17, 15) is 9.59 Å². The molecule has 0 aliphatic heterocycles. The van der Waals surface area contributed by atoms with E-state index in [0.717, 1.165) is 17.5 Å². The topological polar surface area (TPSA) is 49.4 Å². The summed E-state index contributed by atoms with van der Waals surface area (Å²) in [6, 6.07) is 7.70. The number of carbonyl (C=O) groups is 2. The van der Waals surface area contributed by atoms with Crippen LogP contribution in [-0.4, -0.2) is 29.3 Å². The molecular formula is C20H32N2O2. The lowest BCUT2D eigenvalue weighted by Crippen LogP contribution is -2.49. The molecular weight excluding hydrogens is 300 g/mol. The number of carbonyl (C=O) groups excluding carboxylic acids is 2. The van der Waals surface area contributed by atoms with Gasteiger partial charge < -0.3 is 10.2 Å². The SMILES string of the molecule is CCCC(=O)N(Cc1cccc(C)c1)[C@@H](CC)C(=O)NCC(C)C. The average molecular weight is 332 g/mol. The second-order valence-corrected chi connectivity index (χ2v) is 6.82. The first-order valence-electron chi connectivity index (χ1n) is 9.01. The summed E-state index contributed by atoms with van der Waals surface area (Å²) in [4.78, 5) is 26.9. The summed E-state index contributed by atoms with van der Waals surface area (Å²) in [6.07, 6.45) is 1.87. The molecule has 4 nitrogen and oxygen atoms in total. The summed E-state index contributed by atoms with van der Waals surface area (Å²) < 4.78 is 0. The minimum Gasteiger partial charge on any atom is -0.354 e. The third kappa shape index (κ3) is 6.34. The van der Waals surface area contributed by atoms with Crippen molar-refractivity contribution in [2.45, 2.75) is 66.5 Å². The van der Waals surface area contributed by atoms with E-state index in [-0.39, 0.29) is 11.8 Å². The molecule has 0 spiro atoms.